The quantitative estimate of drug-likeness (QED) is 0.660. The van der Waals surface area contributed by atoms with Crippen molar-refractivity contribution >= 4 is 10.2 Å². The maximum absolute atomic E-state index is 13.1. The van der Waals surface area contributed by atoms with E-state index in [9.17, 15) is 8.42 Å². The Hall–Kier alpha value is -1.70. The van der Waals surface area contributed by atoms with Gasteiger partial charge in [-0.2, -0.15) is 17.0 Å². The predicted molar refractivity (Wildman–Crippen MR) is 93.3 cm³/mol. The standard InChI is InChI=1S/C17H25N3O3S/c1-3-10-19(11-4-2)24(21,22)20(15-17-8-6-12-23-17)14-16-7-5-9-18-13-16/h5-9,12-13H,3-4,10-11,14-15H2,1-2H3. The summed E-state index contributed by atoms with van der Waals surface area (Å²) in [6.45, 7) is 5.46. The Morgan fingerprint density at radius 1 is 1.04 bits per heavy atom. The van der Waals surface area contributed by atoms with Crippen LogP contribution >= 0.6 is 0 Å². The van der Waals surface area contributed by atoms with E-state index >= 15 is 0 Å². The first-order valence-corrected chi connectivity index (χ1v) is 9.64. The van der Waals surface area contributed by atoms with E-state index in [0.717, 1.165) is 18.4 Å². The molecule has 0 unspecified atom stereocenters. The van der Waals surface area contributed by atoms with E-state index < -0.39 is 10.2 Å². The third-order valence-corrected chi connectivity index (χ3v) is 5.52. The lowest BCUT2D eigenvalue weighted by molar-refractivity contribution is 0.308. The molecule has 0 bridgehead atoms. The number of nitrogens with zero attached hydrogens (tertiary/aromatic N) is 3. The van der Waals surface area contributed by atoms with E-state index in [4.69, 9.17) is 4.42 Å². The fraction of sp³-hybridized carbons (Fsp3) is 0.471. The molecule has 0 aliphatic heterocycles. The molecule has 2 rings (SSSR count). The van der Waals surface area contributed by atoms with E-state index in [1.54, 1.807) is 35.1 Å². The molecule has 0 spiro atoms. The summed E-state index contributed by atoms with van der Waals surface area (Å²) in [5.41, 5.74) is 0.848. The van der Waals surface area contributed by atoms with E-state index in [1.165, 1.54) is 4.31 Å². The lowest BCUT2D eigenvalue weighted by Crippen LogP contribution is -2.43. The van der Waals surface area contributed by atoms with Gasteiger partial charge in [0.2, 0.25) is 0 Å². The van der Waals surface area contributed by atoms with Crippen molar-refractivity contribution in [2.24, 2.45) is 0 Å². The van der Waals surface area contributed by atoms with Crippen LogP contribution in [0.25, 0.3) is 0 Å². The second-order valence-corrected chi connectivity index (χ2v) is 7.54. The van der Waals surface area contributed by atoms with Crippen molar-refractivity contribution in [3.05, 3.63) is 54.2 Å². The van der Waals surface area contributed by atoms with Gasteiger partial charge in [-0.3, -0.25) is 4.98 Å². The zero-order valence-corrected chi connectivity index (χ0v) is 15.1. The molecule has 2 aromatic heterocycles. The molecule has 132 valence electrons. The number of furan rings is 1. The Morgan fingerprint density at radius 3 is 2.33 bits per heavy atom. The van der Waals surface area contributed by atoms with Gasteiger partial charge in [0.05, 0.1) is 12.8 Å². The molecule has 2 aromatic rings. The summed E-state index contributed by atoms with van der Waals surface area (Å²) in [6.07, 6.45) is 6.48. The highest BCUT2D eigenvalue weighted by Gasteiger charge is 2.29. The summed E-state index contributed by atoms with van der Waals surface area (Å²) in [5, 5.41) is 0. The Bertz CT molecular complexity index is 681. The minimum atomic E-state index is -3.58. The summed E-state index contributed by atoms with van der Waals surface area (Å²) in [7, 11) is -3.58. The van der Waals surface area contributed by atoms with Gasteiger partial charge >= 0.3 is 0 Å². The molecule has 7 heteroatoms. The zero-order chi connectivity index (χ0) is 17.4. The summed E-state index contributed by atoms with van der Waals surface area (Å²) in [6, 6.07) is 7.24. The Morgan fingerprint density at radius 2 is 1.79 bits per heavy atom. The van der Waals surface area contributed by atoms with Gasteiger partial charge in [0, 0.05) is 32.0 Å². The van der Waals surface area contributed by atoms with Gasteiger partial charge in [-0.1, -0.05) is 19.9 Å². The molecule has 0 radical (unpaired) electrons. The van der Waals surface area contributed by atoms with Gasteiger partial charge in [-0.25, -0.2) is 0 Å². The minimum absolute atomic E-state index is 0.203. The number of pyridine rings is 1. The molecule has 0 fully saturated rings. The molecule has 0 aliphatic rings. The highest BCUT2D eigenvalue weighted by molar-refractivity contribution is 7.86. The van der Waals surface area contributed by atoms with Crippen molar-refractivity contribution in [3.8, 4) is 0 Å². The van der Waals surface area contributed by atoms with E-state index in [2.05, 4.69) is 4.98 Å². The molecule has 0 amide bonds. The average molecular weight is 351 g/mol. The summed E-state index contributed by atoms with van der Waals surface area (Å²) in [5.74, 6) is 0.621. The molecular formula is C17H25N3O3S. The molecule has 0 atom stereocenters. The monoisotopic (exact) mass is 351 g/mol. The van der Waals surface area contributed by atoms with E-state index in [1.807, 2.05) is 26.0 Å². The smallest absolute Gasteiger partial charge is 0.282 e. The largest absolute Gasteiger partial charge is 0.468 e. The van der Waals surface area contributed by atoms with Gasteiger partial charge in [0.1, 0.15) is 5.76 Å². The topological polar surface area (TPSA) is 66.7 Å². The van der Waals surface area contributed by atoms with Crippen molar-refractivity contribution in [2.75, 3.05) is 13.1 Å². The molecule has 6 nitrogen and oxygen atoms in total. The molecule has 0 aliphatic carbocycles. The van der Waals surface area contributed by atoms with Crippen LogP contribution in [0.5, 0.6) is 0 Å². The molecule has 0 aromatic carbocycles. The van der Waals surface area contributed by atoms with Crippen LogP contribution in [0, 0.1) is 0 Å². The second kappa shape index (κ2) is 8.96. The number of hydrogen-bond acceptors (Lipinski definition) is 4. The Labute approximate surface area is 144 Å². The van der Waals surface area contributed by atoms with Gasteiger partial charge < -0.3 is 4.42 Å². The maximum Gasteiger partial charge on any atom is 0.282 e. The Kier molecular flexibility index (Phi) is 6.96. The SMILES string of the molecule is CCCN(CCC)S(=O)(=O)N(Cc1cccnc1)Cc1ccco1. The normalized spacial score (nSPS) is 12.2. The number of hydrogen-bond donors (Lipinski definition) is 0. The van der Waals surface area contributed by atoms with Gasteiger partial charge in [-0.05, 0) is 36.6 Å². The van der Waals surface area contributed by atoms with Crippen molar-refractivity contribution in [1.82, 2.24) is 13.6 Å². The van der Waals surface area contributed by atoms with Crippen molar-refractivity contribution in [1.29, 1.82) is 0 Å². The molecule has 0 saturated carbocycles. The van der Waals surface area contributed by atoms with Crippen molar-refractivity contribution in [3.63, 3.8) is 0 Å². The van der Waals surface area contributed by atoms with Crippen LogP contribution in [-0.4, -0.2) is 35.1 Å². The summed E-state index contributed by atoms with van der Waals surface area (Å²) >= 11 is 0. The molecule has 2 heterocycles. The highest BCUT2D eigenvalue weighted by Crippen LogP contribution is 2.18. The molecular weight excluding hydrogens is 326 g/mol. The number of rotatable bonds is 10. The van der Waals surface area contributed by atoms with Crippen LogP contribution in [0.15, 0.2) is 47.3 Å². The summed E-state index contributed by atoms with van der Waals surface area (Å²) in [4.78, 5) is 4.08. The molecule has 0 N–H and O–H groups in total. The van der Waals surface area contributed by atoms with Crippen LogP contribution in [-0.2, 0) is 23.3 Å². The van der Waals surface area contributed by atoms with Crippen LogP contribution in [0.2, 0.25) is 0 Å². The van der Waals surface area contributed by atoms with Crippen molar-refractivity contribution in [2.45, 2.75) is 39.8 Å². The van der Waals surface area contributed by atoms with Crippen LogP contribution in [0.1, 0.15) is 38.0 Å². The van der Waals surface area contributed by atoms with Gasteiger partial charge in [-0.15, -0.1) is 0 Å². The first kappa shape index (κ1) is 18.6. The lowest BCUT2D eigenvalue weighted by atomic mass is 10.3. The lowest BCUT2D eigenvalue weighted by Gasteiger charge is -2.29. The third-order valence-electron chi connectivity index (χ3n) is 3.59. The fourth-order valence-corrected chi connectivity index (χ4v) is 4.25. The Balaban J connectivity index is 2.28. The van der Waals surface area contributed by atoms with Gasteiger partial charge in [0.15, 0.2) is 0 Å². The average Bonchev–Trinajstić information content (AvgIpc) is 3.08. The molecule has 24 heavy (non-hydrogen) atoms. The van der Waals surface area contributed by atoms with Crippen LogP contribution in [0.3, 0.4) is 0 Å². The minimum Gasteiger partial charge on any atom is -0.468 e. The number of aromatic nitrogens is 1. The predicted octanol–water partition coefficient (Wildman–Crippen LogP) is 3.04. The van der Waals surface area contributed by atoms with E-state index in [-0.39, 0.29) is 13.1 Å². The third kappa shape index (κ3) is 4.90. The first-order chi connectivity index (χ1) is 11.6. The zero-order valence-electron chi connectivity index (χ0n) is 14.3. The summed E-state index contributed by atoms with van der Waals surface area (Å²) < 4.78 is 34.6. The second-order valence-electron chi connectivity index (χ2n) is 5.62. The maximum atomic E-state index is 13.1. The highest BCUT2D eigenvalue weighted by atomic mass is 32.2. The van der Waals surface area contributed by atoms with Crippen molar-refractivity contribution < 1.29 is 12.8 Å². The van der Waals surface area contributed by atoms with Crippen LogP contribution < -0.4 is 0 Å². The fourth-order valence-electron chi connectivity index (χ4n) is 2.50. The van der Waals surface area contributed by atoms with Crippen LogP contribution in [0.4, 0.5) is 0 Å². The molecule has 0 saturated heterocycles. The van der Waals surface area contributed by atoms with Gasteiger partial charge in [0.25, 0.3) is 10.2 Å². The van der Waals surface area contributed by atoms with E-state index in [0.29, 0.717) is 18.8 Å². The first-order valence-electron chi connectivity index (χ1n) is 8.24.